The fraction of sp³-hybridized carbons (Fsp3) is 0.200. The molecule has 1 aromatic heterocycles. The SMILES string of the molecule is CC1=CC(C)=N/C1=C(/c1ccc(C#Cc2ccc3c(c2)C2(OC3=O)c3ccc(N(C)C)cc3Oc3cc(N(C)C)ccc32)cc1)c1c(C)cc(C)n1B(F)F. The number of benzene rings is 4. The molecule has 0 saturated heterocycles. The van der Waals surface area contributed by atoms with Crippen LogP contribution in [0.4, 0.5) is 20.0 Å². The van der Waals surface area contributed by atoms with Crippen LogP contribution >= 0.6 is 0 Å². The highest BCUT2D eigenvalue weighted by atomic mass is 19.2. The second-order valence-electron chi connectivity index (χ2n) is 14.7. The molecular weight excluding hydrogens is 693 g/mol. The largest absolute Gasteiger partial charge is 0.677 e. The number of aryl methyl sites for hydroxylation is 2. The Hall–Kier alpha value is -6.34. The van der Waals surface area contributed by atoms with E-state index in [1.54, 1.807) is 19.1 Å². The Labute approximate surface area is 320 Å². The van der Waals surface area contributed by atoms with Crippen molar-refractivity contribution in [3.63, 3.8) is 0 Å². The first-order valence-corrected chi connectivity index (χ1v) is 18.0. The second kappa shape index (κ2) is 13.2. The van der Waals surface area contributed by atoms with E-state index < -0.39 is 19.0 Å². The van der Waals surface area contributed by atoms with Gasteiger partial charge in [0.1, 0.15) is 11.5 Å². The number of hydrogen-bond donors (Lipinski definition) is 0. The standard InChI is InChI=1S/C45H39BF2N4O3/c1-26-21-28(3)49-42(26)41(43-27(2)22-29(4)52(43)46(47)48)32-14-11-30(12-15-32)9-10-31-13-18-35-38(23-31)45(55-44(35)53)36-19-16-33(50(5)6)24-39(36)54-40-25-34(51(7)8)17-20-37(40)45/h11-25H,1-8H3/b42-41-. The fourth-order valence-corrected chi connectivity index (χ4v) is 7.90. The molecule has 0 bridgehead atoms. The molecule has 5 aromatic rings. The Morgan fingerprint density at radius 1 is 0.764 bits per heavy atom. The lowest BCUT2D eigenvalue weighted by molar-refractivity contribution is 0.0224. The zero-order valence-corrected chi connectivity index (χ0v) is 32.0. The van der Waals surface area contributed by atoms with Crippen LogP contribution in [0.3, 0.4) is 0 Å². The van der Waals surface area contributed by atoms with E-state index in [-0.39, 0.29) is 0 Å². The van der Waals surface area contributed by atoms with E-state index in [4.69, 9.17) is 14.5 Å². The molecule has 4 heterocycles. The summed E-state index contributed by atoms with van der Waals surface area (Å²) in [6.07, 6.45) is 1.96. The average molecular weight is 733 g/mol. The van der Waals surface area contributed by atoms with Gasteiger partial charge in [-0.25, -0.2) is 4.79 Å². The summed E-state index contributed by atoms with van der Waals surface area (Å²) in [4.78, 5) is 22.4. The first-order valence-electron chi connectivity index (χ1n) is 18.0. The van der Waals surface area contributed by atoms with E-state index in [9.17, 15) is 13.4 Å². The van der Waals surface area contributed by atoms with Gasteiger partial charge in [0.2, 0.25) is 0 Å². The van der Waals surface area contributed by atoms with Crippen LogP contribution in [0.2, 0.25) is 0 Å². The van der Waals surface area contributed by atoms with Crippen LogP contribution in [0.15, 0.2) is 107 Å². The Morgan fingerprint density at radius 2 is 1.36 bits per heavy atom. The number of aliphatic imine (C=N–C) groups is 1. The van der Waals surface area contributed by atoms with Crippen molar-refractivity contribution in [3.8, 4) is 23.3 Å². The Morgan fingerprint density at radius 3 is 1.93 bits per heavy atom. The Bertz CT molecular complexity index is 2550. The van der Waals surface area contributed by atoms with E-state index in [0.29, 0.717) is 50.8 Å². The molecular formula is C45H39BF2N4O3. The van der Waals surface area contributed by atoms with E-state index in [1.807, 2.05) is 138 Å². The van der Waals surface area contributed by atoms with Gasteiger partial charge in [-0.05, 0) is 111 Å². The minimum absolute atomic E-state index is 0.419. The highest BCUT2D eigenvalue weighted by Crippen LogP contribution is 2.57. The van der Waals surface area contributed by atoms with Gasteiger partial charge < -0.3 is 23.8 Å². The molecule has 0 saturated carbocycles. The lowest BCUT2D eigenvalue weighted by atomic mass is 9.77. The van der Waals surface area contributed by atoms with E-state index in [2.05, 4.69) is 11.8 Å². The zero-order valence-electron chi connectivity index (χ0n) is 32.0. The molecule has 3 aliphatic heterocycles. The van der Waals surface area contributed by atoms with Gasteiger partial charge in [0.25, 0.3) is 0 Å². The predicted molar refractivity (Wildman–Crippen MR) is 216 cm³/mol. The van der Waals surface area contributed by atoms with Crippen molar-refractivity contribution >= 4 is 36.0 Å². The minimum atomic E-state index is -2.71. The maximum Gasteiger partial charge on any atom is 0.677 e. The molecule has 0 atom stereocenters. The topological polar surface area (TPSA) is 59.3 Å². The molecule has 0 radical (unpaired) electrons. The van der Waals surface area contributed by atoms with Crippen molar-refractivity contribution in [1.29, 1.82) is 0 Å². The number of fused-ring (bicyclic) bond motifs is 6. The number of esters is 1. The molecule has 274 valence electrons. The average Bonchev–Trinajstić information content (AvgIpc) is 3.75. The lowest BCUT2D eigenvalue weighted by Gasteiger charge is -2.37. The normalized spacial score (nSPS) is 15.5. The maximum atomic E-state index is 14.5. The number of aromatic nitrogens is 1. The third-order valence-electron chi connectivity index (χ3n) is 10.5. The first-order chi connectivity index (χ1) is 26.3. The monoisotopic (exact) mass is 732 g/mol. The third-order valence-corrected chi connectivity index (χ3v) is 10.5. The van der Waals surface area contributed by atoms with Gasteiger partial charge in [0, 0.05) is 102 Å². The number of anilines is 2. The van der Waals surface area contributed by atoms with Crippen LogP contribution < -0.4 is 14.5 Å². The summed E-state index contributed by atoms with van der Waals surface area (Å²) in [6, 6.07) is 26.8. The highest BCUT2D eigenvalue weighted by Gasteiger charge is 2.53. The lowest BCUT2D eigenvalue weighted by Crippen LogP contribution is -2.33. The Kier molecular flexibility index (Phi) is 8.57. The molecule has 0 N–H and O–H groups in total. The minimum Gasteiger partial charge on any atom is -0.456 e. The molecule has 0 aliphatic carbocycles. The van der Waals surface area contributed by atoms with Crippen molar-refractivity contribution in [2.75, 3.05) is 38.0 Å². The van der Waals surface area contributed by atoms with Crippen molar-refractivity contribution in [2.24, 2.45) is 4.99 Å². The van der Waals surface area contributed by atoms with Crippen LogP contribution in [-0.4, -0.2) is 51.8 Å². The molecule has 10 heteroatoms. The van der Waals surface area contributed by atoms with Crippen molar-refractivity contribution in [2.45, 2.75) is 33.3 Å². The van der Waals surface area contributed by atoms with Gasteiger partial charge >= 0.3 is 13.4 Å². The molecule has 0 fully saturated rings. The second-order valence-corrected chi connectivity index (χ2v) is 14.7. The number of allylic oxidation sites excluding steroid dienone is 2. The number of carbonyl (C=O) groups excluding carboxylic acids is 1. The predicted octanol–water partition coefficient (Wildman–Crippen LogP) is 9.16. The van der Waals surface area contributed by atoms with E-state index >= 15 is 0 Å². The van der Waals surface area contributed by atoms with Gasteiger partial charge in [0.05, 0.1) is 11.3 Å². The summed E-state index contributed by atoms with van der Waals surface area (Å²) < 4.78 is 43.0. The van der Waals surface area contributed by atoms with Crippen molar-refractivity contribution in [3.05, 3.63) is 158 Å². The zero-order chi connectivity index (χ0) is 38.9. The molecule has 7 nitrogen and oxygen atoms in total. The maximum absolute atomic E-state index is 14.5. The summed E-state index contributed by atoms with van der Waals surface area (Å²) in [5.74, 6) is 7.37. The van der Waals surface area contributed by atoms with Crippen LogP contribution in [0.25, 0.3) is 5.57 Å². The van der Waals surface area contributed by atoms with Crippen LogP contribution in [-0.2, 0) is 10.3 Å². The third kappa shape index (κ3) is 5.82. The number of ether oxygens (including phenoxy) is 2. The number of nitrogens with zero attached hydrogens (tertiary/aromatic N) is 4. The molecule has 55 heavy (non-hydrogen) atoms. The first kappa shape index (κ1) is 35.7. The number of rotatable bonds is 5. The van der Waals surface area contributed by atoms with Crippen molar-refractivity contribution in [1.82, 2.24) is 4.48 Å². The summed E-state index contributed by atoms with van der Waals surface area (Å²) in [5, 5.41) is 0. The number of halogens is 2. The van der Waals surface area contributed by atoms with Crippen LogP contribution in [0.1, 0.15) is 74.5 Å². The molecule has 4 aromatic carbocycles. The molecule has 8 rings (SSSR count). The highest BCUT2D eigenvalue weighted by molar-refractivity contribution is 6.41. The Balaban J connectivity index is 1.21. The van der Waals surface area contributed by atoms with Gasteiger partial charge in [-0.1, -0.05) is 24.0 Å². The summed E-state index contributed by atoms with van der Waals surface area (Å²) in [7, 11) is 5.16. The quantitative estimate of drug-likeness (QED) is 0.103. The van der Waals surface area contributed by atoms with Gasteiger partial charge in [-0.15, -0.1) is 0 Å². The summed E-state index contributed by atoms with van der Waals surface area (Å²) in [5.41, 5.74) is 10.2. The summed E-state index contributed by atoms with van der Waals surface area (Å²) in [6.45, 7) is 7.40. The van der Waals surface area contributed by atoms with Gasteiger partial charge in [-0.3, -0.25) is 13.6 Å². The van der Waals surface area contributed by atoms with Gasteiger partial charge in [-0.2, -0.15) is 0 Å². The number of hydrogen-bond acceptors (Lipinski definition) is 6. The van der Waals surface area contributed by atoms with E-state index in [1.165, 1.54) is 0 Å². The van der Waals surface area contributed by atoms with E-state index in [0.717, 1.165) is 55.0 Å². The molecule has 3 aliphatic rings. The van der Waals surface area contributed by atoms with Crippen LogP contribution in [0, 0.1) is 25.7 Å². The molecule has 1 spiro atoms. The van der Waals surface area contributed by atoms with Crippen LogP contribution in [0.5, 0.6) is 11.5 Å². The fourth-order valence-electron chi connectivity index (χ4n) is 7.90. The summed E-state index contributed by atoms with van der Waals surface area (Å²) >= 11 is 0. The molecule has 0 unspecified atom stereocenters. The number of carbonyl (C=O) groups is 1. The molecule has 0 amide bonds. The smallest absolute Gasteiger partial charge is 0.456 e. The van der Waals surface area contributed by atoms with Gasteiger partial charge in [0.15, 0.2) is 5.60 Å². The van der Waals surface area contributed by atoms with Crippen molar-refractivity contribution < 1.29 is 22.9 Å².